The molecule has 0 saturated carbocycles. The first-order valence-electron chi connectivity index (χ1n) is 4.17. The van der Waals surface area contributed by atoms with E-state index in [1.807, 2.05) is 0 Å². The van der Waals surface area contributed by atoms with Gasteiger partial charge in [-0.25, -0.2) is 22.0 Å². The highest BCUT2D eigenvalue weighted by molar-refractivity contribution is 5.85. The molecule has 0 aromatic heterocycles. The van der Waals surface area contributed by atoms with Crippen LogP contribution in [0, 0.1) is 29.1 Å². The van der Waals surface area contributed by atoms with Gasteiger partial charge in [0.05, 0.1) is 12.7 Å². The second-order valence-electron chi connectivity index (χ2n) is 2.98. The molecule has 0 spiro atoms. The van der Waals surface area contributed by atoms with Crippen LogP contribution < -0.4 is 5.73 Å². The molecule has 2 N–H and O–H groups in total. The van der Waals surface area contributed by atoms with Crippen LogP contribution in [0.3, 0.4) is 0 Å². The van der Waals surface area contributed by atoms with E-state index in [2.05, 4.69) is 4.74 Å². The molecule has 1 aromatic rings. The van der Waals surface area contributed by atoms with Crippen LogP contribution in [0.4, 0.5) is 22.0 Å². The minimum absolute atomic E-state index is 0. The van der Waals surface area contributed by atoms with Gasteiger partial charge in [-0.2, -0.15) is 0 Å². The number of carbonyl (C=O) groups is 1. The SMILES string of the molecule is COC(=O)[C@H](N)c1c(F)c(F)c(F)c(F)c1F.Cl. The first-order chi connectivity index (χ1) is 7.82. The lowest BCUT2D eigenvalue weighted by Gasteiger charge is -2.13. The van der Waals surface area contributed by atoms with Crippen molar-refractivity contribution in [1.29, 1.82) is 0 Å². The Morgan fingerprint density at radius 3 is 1.67 bits per heavy atom. The summed E-state index contributed by atoms with van der Waals surface area (Å²) >= 11 is 0. The second-order valence-corrected chi connectivity index (χ2v) is 2.98. The number of benzene rings is 1. The predicted molar refractivity (Wildman–Crippen MR) is 52.4 cm³/mol. The van der Waals surface area contributed by atoms with Gasteiger partial charge in [0.15, 0.2) is 23.3 Å². The van der Waals surface area contributed by atoms with E-state index in [0.29, 0.717) is 0 Å². The highest BCUT2D eigenvalue weighted by atomic mass is 35.5. The van der Waals surface area contributed by atoms with Crippen LogP contribution in [0.15, 0.2) is 0 Å². The molecule has 0 unspecified atom stereocenters. The Balaban J connectivity index is 0.00000289. The van der Waals surface area contributed by atoms with Crippen molar-refractivity contribution in [3.05, 3.63) is 34.6 Å². The van der Waals surface area contributed by atoms with Crippen LogP contribution in [0.5, 0.6) is 0 Å². The van der Waals surface area contributed by atoms with Gasteiger partial charge in [-0.3, -0.25) is 4.79 Å². The van der Waals surface area contributed by atoms with E-state index in [1.54, 1.807) is 0 Å². The van der Waals surface area contributed by atoms with Crippen LogP contribution in [-0.4, -0.2) is 13.1 Å². The van der Waals surface area contributed by atoms with E-state index in [0.717, 1.165) is 7.11 Å². The zero-order valence-corrected chi connectivity index (χ0v) is 9.59. The molecule has 102 valence electrons. The maximum absolute atomic E-state index is 13.1. The Morgan fingerprint density at radius 2 is 1.33 bits per heavy atom. The summed E-state index contributed by atoms with van der Waals surface area (Å²) in [5.74, 6) is -12.3. The summed E-state index contributed by atoms with van der Waals surface area (Å²) in [6.45, 7) is 0. The Kier molecular flexibility index (Phi) is 5.50. The van der Waals surface area contributed by atoms with Gasteiger partial charge in [-0.1, -0.05) is 0 Å². The standard InChI is InChI=1S/C9H6F5NO2.ClH/c1-17-9(16)8(15)2-3(10)5(12)7(14)6(13)4(2)11;/h8H,15H2,1H3;1H/t8-;/m1./s1. The molecule has 0 amide bonds. The van der Waals surface area contributed by atoms with Crippen molar-refractivity contribution in [2.24, 2.45) is 5.73 Å². The molecule has 0 fully saturated rings. The van der Waals surface area contributed by atoms with Gasteiger partial charge in [-0.15, -0.1) is 12.4 Å². The average molecular weight is 292 g/mol. The molecule has 1 rings (SSSR count). The van der Waals surface area contributed by atoms with E-state index in [1.165, 1.54) is 0 Å². The van der Waals surface area contributed by atoms with Gasteiger partial charge in [0.1, 0.15) is 6.04 Å². The number of hydrogen-bond acceptors (Lipinski definition) is 3. The second kappa shape index (κ2) is 5.96. The van der Waals surface area contributed by atoms with Crippen LogP contribution >= 0.6 is 12.4 Å². The molecular formula is C9H7ClF5NO2. The Labute approximate surface area is 104 Å². The lowest BCUT2D eigenvalue weighted by molar-refractivity contribution is -0.142. The van der Waals surface area contributed by atoms with E-state index in [-0.39, 0.29) is 12.4 Å². The summed E-state index contributed by atoms with van der Waals surface area (Å²) in [5.41, 5.74) is 3.61. The molecule has 0 radical (unpaired) electrons. The van der Waals surface area contributed by atoms with Crippen molar-refractivity contribution >= 4 is 18.4 Å². The Hall–Kier alpha value is -1.41. The van der Waals surface area contributed by atoms with Gasteiger partial charge in [0.2, 0.25) is 5.82 Å². The van der Waals surface area contributed by atoms with Gasteiger partial charge in [-0.05, 0) is 0 Å². The Bertz CT molecular complexity index is 454. The van der Waals surface area contributed by atoms with Crippen molar-refractivity contribution < 1.29 is 31.5 Å². The molecule has 0 bridgehead atoms. The van der Waals surface area contributed by atoms with Crippen molar-refractivity contribution in [2.75, 3.05) is 7.11 Å². The summed E-state index contributed by atoms with van der Waals surface area (Å²) in [7, 11) is 0.855. The number of rotatable bonds is 2. The summed E-state index contributed by atoms with van der Waals surface area (Å²) < 4.78 is 68.5. The smallest absolute Gasteiger partial charge is 0.327 e. The van der Waals surface area contributed by atoms with Crippen LogP contribution in [0.1, 0.15) is 11.6 Å². The fourth-order valence-corrected chi connectivity index (χ4v) is 1.14. The summed E-state index contributed by atoms with van der Waals surface area (Å²) in [6, 6.07) is -2.09. The summed E-state index contributed by atoms with van der Waals surface area (Å²) in [5, 5.41) is 0. The molecular weight excluding hydrogens is 285 g/mol. The van der Waals surface area contributed by atoms with Gasteiger partial charge in [0.25, 0.3) is 0 Å². The number of hydrogen-bond donors (Lipinski definition) is 1. The van der Waals surface area contributed by atoms with Crippen LogP contribution in [0.25, 0.3) is 0 Å². The molecule has 9 heteroatoms. The normalized spacial score (nSPS) is 11.7. The molecule has 1 atom stereocenters. The number of nitrogens with two attached hydrogens (primary N) is 1. The fourth-order valence-electron chi connectivity index (χ4n) is 1.14. The number of halogens is 6. The van der Waals surface area contributed by atoms with E-state index >= 15 is 0 Å². The first kappa shape index (κ1) is 16.6. The van der Waals surface area contributed by atoms with Gasteiger partial charge < -0.3 is 10.5 Å². The first-order valence-corrected chi connectivity index (χ1v) is 4.17. The minimum Gasteiger partial charge on any atom is -0.468 e. The third kappa shape index (κ3) is 2.54. The molecule has 1 aromatic carbocycles. The van der Waals surface area contributed by atoms with Crippen molar-refractivity contribution in [3.63, 3.8) is 0 Å². The molecule has 0 aliphatic carbocycles. The van der Waals surface area contributed by atoms with Crippen LogP contribution in [0.2, 0.25) is 0 Å². The number of carbonyl (C=O) groups excluding carboxylic acids is 1. The molecule has 18 heavy (non-hydrogen) atoms. The maximum atomic E-state index is 13.1. The minimum atomic E-state index is -2.32. The van der Waals surface area contributed by atoms with Crippen molar-refractivity contribution in [3.8, 4) is 0 Å². The molecule has 0 aliphatic rings. The summed E-state index contributed by atoms with van der Waals surface area (Å²) in [6.07, 6.45) is 0. The zero-order chi connectivity index (χ0) is 13.3. The average Bonchev–Trinajstić information content (AvgIpc) is 2.32. The maximum Gasteiger partial charge on any atom is 0.327 e. The summed E-state index contributed by atoms with van der Waals surface area (Å²) in [4.78, 5) is 10.9. The van der Waals surface area contributed by atoms with E-state index < -0.39 is 46.7 Å². The highest BCUT2D eigenvalue weighted by Crippen LogP contribution is 2.27. The number of ether oxygens (including phenoxy) is 1. The molecule has 0 aliphatic heterocycles. The molecule has 0 saturated heterocycles. The van der Waals surface area contributed by atoms with Gasteiger partial charge in [0, 0.05) is 0 Å². The lowest BCUT2D eigenvalue weighted by atomic mass is 10.1. The third-order valence-corrected chi connectivity index (χ3v) is 2.01. The highest BCUT2D eigenvalue weighted by Gasteiger charge is 2.32. The van der Waals surface area contributed by atoms with E-state index in [4.69, 9.17) is 5.73 Å². The number of methoxy groups -OCH3 is 1. The number of esters is 1. The quantitative estimate of drug-likeness (QED) is 0.392. The van der Waals surface area contributed by atoms with E-state index in [9.17, 15) is 26.7 Å². The molecule has 3 nitrogen and oxygen atoms in total. The van der Waals surface area contributed by atoms with Gasteiger partial charge >= 0.3 is 5.97 Å². The predicted octanol–water partition coefficient (Wildman–Crippen LogP) is 1.98. The topological polar surface area (TPSA) is 52.3 Å². The zero-order valence-electron chi connectivity index (χ0n) is 8.77. The van der Waals surface area contributed by atoms with Crippen LogP contribution in [-0.2, 0) is 9.53 Å². The van der Waals surface area contributed by atoms with Crippen molar-refractivity contribution in [2.45, 2.75) is 6.04 Å². The third-order valence-electron chi connectivity index (χ3n) is 2.01. The molecule has 0 heterocycles. The fraction of sp³-hybridized carbons (Fsp3) is 0.222. The lowest BCUT2D eigenvalue weighted by Crippen LogP contribution is -2.26. The van der Waals surface area contributed by atoms with Crippen molar-refractivity contribution in [1.82, 2.24) is 0 Å². The largest absolute Gasteiger partial charge is 0.468 e. The Morgan fingerprint density at radius 1 is 1.00 bits per heavy atom. The monoisotopic (exact) mass is 291 g/mol.